The number of aromatic nitrogens is 1. The van der Waals surface area contributed by atoms with Crippen molar-refractivity contribution in [2.75, 3.05) is 6.54 Å². The standard InChI is InChI=1S/C18H25N3O2/c1-13(14-5-6-16-15(11-14)7-10-19-16)21-17(22)20-12-18(23)8-3-2-4-9-18/h5-7,10-11,13,19,23H,2-4,8-9,12H2,1H3,(H2,20,21,22)/t13-/m1/s1. The van der Waals surface area contributed by atoms with Gasteiger partial charge in [-0.3, -0.25) is 0 Å². The molecule has 0 radical (unpaired) electrons. The summed E-state index contributed by atoms with van der Waals surface area (Å²) in [6, 6.07) is 7.81. The minimum Gasteiger partial charge on any atom is -0.388 e. The van der Waals surface area contributed by atoms with Crippen LogP contribution in [0.1, 0.15) is 50.6 Å². The van der Waals surface area contributed by atoms with Crippen LogP contribution in [0, 0.1) is 0 Å². The largest absolute Gasteiger partial charge is 0.388 e. The van der Waals surface area contributed by atoms with E-state index in [0.717, 1.165) is 42.1 Å². The summed E-state index contributed by atoms with van der Waals surface area (Å²) < 4.78 is 0. The SMILES string of the molecule is C[C@@H](NC(=O)NCC1(O)CCCCC1)c1ccc2[nH]ccc2c1. The molecule has 1 saturated carbocycles. The fourth-order valence-corrected chi connectivity index (χ4v) is 3.30. The summed E-state index contributed by atoms with van der Waals surface area (Å²) in [5, 5.41) is 17.3. The van der Waals surface area contributed by atoms with Gasteiger partial charge >= 0.3 is 6.03 Å². The molecule has 1 aromatic heterocycles. The number of aromatic amines is 1. The summed E-state index contributed by atoms with van der Waals surface area (Å²) in [7, 11) is 0. The molecule has 1 fully saturated rings. The van der Waals surface area contributed by atoms with Gasteiger partial charge in [0.2, 0.25) is 0 Å². The van der Waals surface area contributed by atoms with Crippen molar-refractivity contribution in [1.29, 1.82) is 0 Å². The fraction of sp³-hybridized carbons (Fsp3) is 0.500. The highest BCUT2D eigenvalue weighted by Gasteiger charge is 2.29. The van der Waals surface area contributed by atoms with Crippen LogP contribution in [0.5, 0.6) is 0 Å². The molecule has 1 heterocycles. The van der Waals surface area contributed by atoms with Crippen molar-refractivity contribution in [2.45, 2.75) is 50.7 Å². The lowest BCUT2D eigenvalue weighted by Crippen LogP contribution is -2.47. The molecule has 0 bridgehead atoms. The third kappa shape index (κ3) is 3.85. The summed E-state index contributed by atoms with van der Waals surface area (Å²) in [5.41, 5.74) is 1.41. The Labute approximate surface area is 136 Å². The van der Waals surface area contributed by atoms with Crippen LogP contribution < -0.4 is 10.6 Å². The predicted molar refractivity (Wildman–Crippen MR) is 91.3 cm³/mol. The zero-order valence-corrected chi connectivity index (χ0v) is 13.6. The first kappa shape index (κ1) is 15.9. The molecule has 0 spiro atoms. The molecular formula is C18H25N3O2. The highest BCUT2D eigenvalue weighted by molar-refractivity contribution is 5.80. The molecular weight excluding hydrogens is 290 g/mol. The van der Waals surface area contributed by atoms with E-state index in [4.69, 9.17) is 0 Å². The Bertz CT molecular complexity index is 674. The van der Waals surface area contributed by atoms with E-state index in [-0.39, 0.29) is 12.1 Å². The summed E-state index contributed by atoms with van der Waals surface area (Å²) in [6.45, 7) is 2.28. The van der Waals surface area contributed by atoms with Gasteiger partial charge in [-0.2, -0.15) is 0 Å². The van der Waals surface area contributed by atoms with Crippen LogP contribution in [0.15, 0.2) is 30.5 Å². The quantitative estimate of drug-likeness (QED) is 0.699. The predicted octanol–water partition coefficient (Wildman–Crippen LogP) is 3.22. The smallest absolute Gasteiger partial charge is 0.315 e. The number of fused-ring (bicyclic) bond motifs is 1. The van der Waals surface area contributed by atoms with Crippen molar-refractivity contribution in [3.05, 3.63) is 36.0 Å². The van der Waals surface area contributed by atoms with Crippen LogP contribution in [0.4, 0.5) is 4.79 Å². The number of carbonyl (C=O) groups excluding carboxylic acids is 1. The monoisotopic (exact) mass is 315 g/mol. The van der Waals surface area contributed by atoms with Crippen molar-refractivity contribution in [3.63, 3.8) is 0 Å². The van der Waals surface area contributed by atoms with Gasteiger partial charge in [-0.05, 0) is 48.9 Å². The fourth-order valence-electron chi connectivity index (χ4n) is 3.30. The van der Waals surface area contributed by atoms with Crippen molar-refractivity contribution < 1.29 is 9.90 Å². The third-order valence-electron chi connectivity index (χ3n) is 4.79. The van der Waals surface area contributed by atoms with Crippen LogP contribution in [0.3, 0.4) is 0 Å². The van der Waals surface area contributed by atoms with E-state index >= 15 is 0 Å². The average molecular weight is 315 g/mol. The number of hydrogen-bond donors (Lipinski definition) is 4. The van der Waals surface area contributed by atoms with Gasteiger partial charge in [-0.1, -0.05) is 25.3 Å². The molecule has 3 rings (SSSR count). The van der Waals surface area contributed by atoms with E-state index in [1.54, 1.807) is 0 Å². The van der Waals surface area contributed by atoms with Crippen LogP contribution in [0.2, 0.25) is 0 Å². The Kier molecular flexibility index (Phi) is 4.57. The van der Waals surface area contributed by atoms with E-state index in [9.17, 15) is 9.90 Å². The normalized spacial score (nSPS) is 18.5. The van der Waals surface area contributed by atoms with Gasteiger partial charge in [0.15, 0.2) is 0 Å². The van der Waals surface area contributed by atoms with Crippen molar-refractivity contribution in [2.24, 2.45) is 0 Å². The van der Waals surface area contributed by atoms with Crippen LogP contribution >= 0.6 is 0 Å². The van der Waals surface area contributed by atoms with Gasteiger partial charge in [-0.25, -0.2) is 4.79 Å². The molecule has 5 nitrogen and oxygen atoms in total. The van der Waals surface area contributed by atoms with E-state index < -0.39 is 5.60 Å². The van der Waals surface area contributed by atoms with E-state index in [1.807, 2.05) is 31.3 Å². The lowest BCUT2D eigenvalue weighted by Gasteiger charge is -2.32. The molecule has 0 saturated heterocycles. The number of H-pyrrole nitrogens is 1. The van der Waals surface area contributed by atoms with Crippen LogP contribution in [0.25, 0.3) is 10.9 Å². The Morgan fingerprint density at radius 2 is 2.09 bits per heavy atom. The minimum absolute atomic E-state index is 0.0877. The second kappa shape index (κ2) is 6.62. The van der Waals surface area contributed by atoms with Crippen LogP contribution in [-0.4, -0.2) is 28.3 Å². The number of carbonyl (C=O) groups is 1. The first-order chi connectivity index (χ1) is 11.1. The first-order valence-corrected chi connectivity index (χ1v) is 8.40. The van der Waals surface area contributed by atoms with E-state index in [1.165, 1.54) is 6.42 Å². The number of hydrogen-bond acceptors (Lipinski definition) is 2. The first-order valence-electron chi connectivity index (χ1n) is 8.40. The number of rotatable bonds is 4. The zero-order chi connectivity index (χ0) is 16.3. The Balaban J connectivity index is 1.54. The lowest BCUT2D eigenvalue weighted by molar-refractivity contribution is 0.00714. The van der Waals surface area contributed by atoms with Crippen LogP contribution in [-0.2, 0) is 0 Å². The molecule has 4 N–H and O–H groups in total. The summed E-state index contributed by atoms with van der Waals surface area (Å²) in [4.78, 5) is 15.2. The van der Waals surface area contributed by atoms with E-state index in [0.29, 0.717) is 6.54 Å². The van der Waals surface area contributed by atoms with Gasteiger partial charge in [0, 0.05) is 18.3 Å². The number of nitrogens with one attached hydrogen (secondary N) is 3. The highest BCUT2D eigenvalue weighted by Crippen LogP contribution is 2.27. The molecule has 1 atom stereocenters. The maximum atomic E-state index is 12.1. The molecule has 124 valence electrons. The molecule has 2 aromatic rings. The number of urea groups is 1. The summed E-state index contributed by atoms with van der Waals surface area (Å²) in [5.74, 6) is 0. The topological polar surface area (TPSA) is 77.2 Å². The Morgan fingerprint density at radius 1 is 1.30 bits per heavy atom. The third-order valence-corrected chi connectivity index (χ3v) is 4.79. The molecule has 2 amide bonds. The number of amides is 2. The minimum atomic E-state index is -0.733. The van der Waals surface area contributed by atoms with Crippen molar-refractivity contribution in [1.82, 2.24) is 15.6 Å². The molecule has 5 heteroatoms. The molecule has 23 heavy (non-hydrogen) atoms. The van der Waals surface area contributed by atoms with Gasteiger partial charge in [0.1, 0.15) is 0 Å². The molecule has 1 aromatic carbocycles. The van der Waals surface area contributed by atoms with Crippen molar-refractivity contribution in [3.8, 4) is 0 Å². The average Bonchev–Trinajstić information content (AvgIpc) is 3.01. The van der Waals surface area contributed by atoms with Gasteiger partial charge < -0.3 is 20.7 Å². The van der Waals surface area contributed by atoms with Gasteiger partial charge in [0.25, 0.3) is 0 Å². The molecule has 0 unspecified atom stereocenters. The lowest BCUT2D eigenvalue weighted by atomic mass is 9.85. The second-order valence-corrected chi connectivity index (χ2v) is 6.66. The number of benzene rings is 1. The molecule has 0 aliphatic heterocycles. The maximum Gasteiger partial charge on any atom is 0.315 e. The maximum absolute atomic E-state index is 12.1. The second-order valence-electron chi connectivity index (χ2n) is 6.66. The number of aliphatic hydroxyl groups is 1. The summed E-state index contributed by atoms with van der Waals surface area (Å²) >= 11 is 0. The van der Waals surface area contributed by atoms with Gasteiger partial charge in [-0.15, -0.1) is 0 Å². The molecule has 1 aliphatic carbocycles. The van der Waals surface area contributed by atoms with E-state index in [2.05, 4.69) is 21.7 Å². The zero-order valence-electron chi connectivity index (χ0n) is 13.6. The summed E-state index contributed by atoms with van der Waals surface area (Å²) in [6.07, 6.45) is 6.69. The Hall–Kier alpha value is -2.01. The Morgan fingerprint density at radius 3 is 2.87 bits per heavy atom. The molecule has 1 aliphatic rings. The van der Waals surface area contributed by atoms with Gasteiger partial charge in [0.05, 0.1) is 11.6 Å². The van der Waals surface area contributed by atoms with Crippen molar-refractivity contribution >= 4 is 16.9 Å². The highest BCUT2D eigenvalue weighted by atomic mass is 16.3.